The topological polar surface area (TPSA) is 89.6 Å². The van der Waals surface area contributed by atoms with Gasteiger partial charge >= 0.3 is 11.9 Å². The van der Waals surface area contributed by atoms with Gasteiger partial charge in [-0.3, -0.25) is 0 Å². The average molecular weight is 199 g/mol. The molecule has 1 aromatic heterocycles. The first-order valence-electron chi connectivity index (χ1n) is 3.94. The van der Waals surface area contributed by atoms with Crippen LogP contribution in [0.15, 0.2) is 4.42 Å². The van der Waals surface area contributed by atoms with Gasteiger partial charge in [-0.2, -0.15) is 0 Å². The number of rotatable bonds is 3. The summed E-state index contributed by atoms with van der Waals surface area (Å²) in [5.41, 5.74) is -0.295. The lowest BCUT2D eigenvalue weighted by atomic mass is 10.3. The first-order chi connectivity index (χ1) is 6.56. The van der Waals surface area contributed by atoms with Crippen molar-refractivity contribution in [1.29, 1.82) is 0 Å². The fourth-order valence-corrected chi connectivity index (χ4v) is 0.910. The summed E-state index contributed by atoms with van der Waals surface area (Å²) in [5.74, 6) is -2.50. The molecule has 0 saturated heterocycles. The Labute approximate surface area is 79.5 Å². The number of aryl methyl sites for hydroxylation is 1. The average Bonchev–Trinajstić information content (AvgIpc) is 2.48. The van der Waals surface area contributed by atoms with Gasteiger partial charge in [0.2, 0.25) is 11.5 Å². The second-order valence-electron chi connectivity index (χ2n) is 2.44. The SMILES string of the molecule is CCOC(=O)c1nc(C)oc1C(=O)O. The van der Waals surface area contributed by atoms with Crippen LogP contribution in [0.1, 0.15) is 33.9 Å². The fraction of sp³-hybridized carbons (Fsp3) is 0.375. The van der Waals surface area contributed by atoms with Crippen molar-refractivity contribution >= 4 is 11.9 Å². The molecule has 14 heavy (non-hydrogen) atoms. The van der Waals surface area contributed by atoms with Gasteiger partial charge in [-0.15, -0.1) is 0 Å². The maximum absolute atomic E-state index is 11.2. The van der Waals surface area contributed by atoms with E-state index in [0.717, 1.165) is 0 Å². The third-order valence-corrected chi connectivity index (χ3v) is 1.40. The molecule has 0 atom stereocenters. The van der Waals surface area contributed by atoms with Crippen molar-refractivity contribution in [2.45, 2.75) is 13.8 Å². The number of hydrogen-bond acceptors (Lipinski definition) is 5. The van der Waals surface area contributed by atoms with Crippen LogP contribution >= 0.6 is 0 Å². The molecule has 0 aromatic carbocycles. The standard InChI is InChI=1S/C8H9NO5/c1-3-13-8(12)5-6(7(10)11)14-4(2)9-5/h3H2,1-2H3,(H,10,11). The van der Waals surface area contributed by atoms with Crippen molar-refractivity contribution in [3.63, 3.8) is 0 Å². The molecule has 1 rings (SSSR count). The molecule has 0 amide bonds. The van der Waals surface area contributed by atoms with E-state index >= 15 is 0 Å². The number of carboxylic acid groups (broad SMARTS) is 1. The van der Waals surface area contributed by atoms with E-state index in [0.29, 0.717) is 0 Å². The van der Waals surface area contributed by atoms with Crippen LogP contribution < -0.4 is 0 Å². The highest BCUT2D eigenvalue weighted by Crippen LogP contribution is 2.11. The van der Waals surface area contributed by atoms with Crippen molar-refractivity contribution < 1.29 is 23.8 Å². The number of carboxylic acids is 1. The van der Waals surface area contributed by atoms with Crippen LogP contribution in [0.4, 0.5) is 0 Å². The Hall–Kier alpha value is -1.85. The van der Waals surface area contributed by atoms with Crippen LogP contribution in [0, 0.1) is 6.92 Å². The van der Waals surface area contributed by atoms with Gasteiger partial charge in [0.25, 0.3) is 0 Å². The molecular weight excluding hydrogens is 190 g/mol. The summed E-state index contributed by atoms with van der Waals surface area (Å²) < 4.78 is 9.34. The number of oxazole rings is 1. The molecule has 0 aliphatic carbocycles. The normalized spacial score (nSPS) is 9.86. The number of carbonyl (C=O) groups is 2. The van der Waals surface area contributed by atoms with Crippen molar-refractivity contribution in [1.82, 2.24) is 4.98 Å². The van der Waals surface area contributed by atoms with E-state index in [9.17, 15) is 9.59 Å². The third kappa shape index (κ3) is 1.90. The molecule has 0 fully saturated rings. The molecule has 1 aromatic rings. The highest BCUT2D eigenvalue weighted by molar-refractivity contribution is 5.98. The fourth-order valence-electron chi connectivity index (χ4n) is 0.910. The zero-order chi connectivity index (χ0) is 10.7. The van der Waals surface area contributed by atoms with E-state index < -0.39 is 17.7 Å². The van der Waals surface area contributed by atoms with Gasteiger partial charge in [-0.05, 0) is 6.92 Å². The minimum Gasteiger partial charge on any atom is -0.475 e. The molecule has 6 heteroatoms. The van der Waals surface area contributed by atoms with Gasteiger partial charge in [0.05, 0.1) is 6.61 Å². The molecule has 0 bridgehead atoms. The second-order valence-corrected chi connectivity index (χ2v) is 2.44. The van der Waals surface area contributed by atoms with Gasteiger partial charge in [-0.25, -0.2) is 14.6 Å². The second kappa shape index (κ2) is 3.91. The Kier molecular flexibility index (Phi) is 2.85. The molecule has 0 aliphatic rings. The predicted molar refractivity (Wildman–Crippen MR) is 44.2 cm³/mol. The first kappa shape index (κ1) is 10.2. The summed E-state index contributed by atoms with van der Waals surface area (Å²) in [5, 5.41) is 8.65. The number of aromatic carboxylic acids is 1. The van der Waals surface area contributed by atoms with E-state index in [1.165, 1.54) is 6.92 Å². The number of nitrogens with zero attached hydrogens (tertiary/aromatic N) is 1. The Morgan fingerprint density at radius 2 is 2.21 bits per heavy atom. The highest BCUT2D eigenvalue weighted by atomic mass is 16.5. The molecule has 76 valence electrons. The molecule has 0 spiro atoms. The van der Waals surface area contributed by atoms with Crippen LogP contribution in [0.2, 0.25) is 0 Å². The van der Waals surface area contributed by atoms with Crippen molar-refractivity contribution in [3.8, 4) is 0 Å². The summed E-state index contributed by atoms with van der Waals surface area (Å²) in [7, 11) is 0. The minimum absolute atomic E-state index is 0.116. The number of hydrogen-bond donors (Lipinski definition) is 1. The maximum atomic E-state index is 11.2. The van der Waals surface area contributed by atoms with Gasteiger partial charge in [0, 0.05) is 6.92 Å². The van der Waals surface area contributed by atoms with E-state index in [2.05, 4.69) is 9.72 Å². The number of ether oxygens (including phenoxy) is 1. The van der Waals surface area contributed by atoms with Crippen LogP contribution in [-0.2, 0) is 4.74 Å². The van der Waals surface area contributed by atoms with Crippen LogP contribution in [0.5, 0.6) is 0 Å². The smallest absolute Gasteiger partial charge is 0.374 e. The van der Waals surface area contributed by atoms with Crippen molar-refractivity contribution in [2.24, 2.45) is 0 Å². The molecule has 1 N–H and O–H groups in total. The van der Waals surface area contributed by atoms with Crippen LogP contribution in [-0.4, -0.2) is 28.6 Å². The summed E-state index contributed by atoms with van der Waals surface area (Å²) in [4.78, 5) is 25.4. The third-order valence-electron chi connectivity index (χ3n) is 1.40. The Morgan fingerprint density at radius 3 is 2.71 bits per heavy atom. The Morgan fingerprint density at radius 1 is 1.57 bits per heavy atom. The predicted octanol–water partition coefficient (Wildman–Crippen LogP) is 0.858. The highest BCUT2D eigenvalue weighted by Gasteiger charge is 2.24. The van der Waals surface area contributed by atoms with Gasteiger partial charge in [0.15, 0.2) is 5.89 Å². The lowest BCUT2D eigenvalue weighted by molar-refractivity contribution is 0.0502. The summed E-state index contributed by atoms with van der Waals surface area (Å²) in [6.07, 6.45) is 0. The quantitative estimate of drug-likeness (QED) is 0.726. The Bertz CT molecular complexity index is 368. The van der Waals surface area contributed by atoms with E-state index in [1.54, 1.807) is 6.92 Å². The lowest BCUT2D eigenvalue weighted by Crippen LogP contribution is -2.10. The molecule has 0 radical (unpaired) electrons. The minimum atomic E-state index is -1.34. The molecule has 6 nitrogen and oxygen atoms in total. The lowest BCUT2D eigenvalue weighted by Gasteiger charge is -1.97. The van der Waals surface area contributed by atoms with Crippen molar-refractivity contribution in [3.05, 3.63) is 17.3 Å². The van der Waals surface area contributed by atoms with Crippen LogP contribution in [0.3, 0.4) is 0 Å². The van der Waals surface area contributed by atoms with Crippen molar-refractivity contribution in [2.75, 3.05) is 6.61 Å². The summed E-state index contributed by atoms with van der Waals surface area (Å²) >= 11 is 0. The zero-order valence-corrected chi connectivity index (χ0v) is 7.73. The molecule has 0 aliphatic heterocycles. The van der Waals surface area contributed by atoms with E-state index in [-0.39, 0.29) is 18.2 Å². The maximum Gasteiger partial charge on any atom is 0.374 e. The molecule has 0 saturated carbocycles. The largest absolute Gasteiger partial charge is 0.475 e. The van der Waals surface area contributed by atoms with Gasteiger partial charge in [0.1, 0.15) is 0 Å². The molecule has 0 unspecified atom stereocenters. The summed E-state index contributed by atoms with van der Waals surface area (Å²) in [6.45, 7) is 3.23. The van der Waals surface area contributed by atoms with E-state index in [1.807, 2.05) is 0 Å². The monoisotopic (exact) mass is 199 g/mol. The first-order valence-corrected chi connectivity index (χ1v) is 3.94. The Balaban J connectivity index is 3.06. The molecular formula is C8H9NO5. The molecule has 1 heterocycles. The zero-order valence-electron chi connectivity index (χ0n) is 7.73. The summed E-state index contributed by atoms with van der Waals surface area (Å²) in [6, 6.07) is 0. The van der Waals surface area contributed by atoms with Gasteiger partial charge in [-0.1, -0.05) is 0 Å². The number of esters is 1. The van der Waals surface area contributed by atoms with Gasteiger partial charge < -0.3 is 14.3 Å². The number of carbonyl (C=O) groups excluding carboxylic acids is 1. The number of aromatic nitrogens is 1. The van der Waals surface area contributed by atoms with E-state index in [4.69, 9.17) is 9.52 Å². The van der Waals surface area contributed by atoms with Crippen LogP contribution in [0.25, 0.3) is 0 Å².